The first kappa shape index (κ1) is 17.9. The van der Waals surface area contributed by atoms with Crippen molar-refractivity contribution >= 4 is 22.7 Å². The molecule has 140 valence electrons. The fraction of sp³-hybridized carbons (Fsp3) is 0.600. The van der Waals surface area contributed by atoms with E-state index in [1.807, 2.05) is 18.2 Å². The Kier molecular flexibility index (Phi) is 5.23. The lowest BCUT2D eigenvalue weighted by Gasteiger charge is -2.33. The van der Waals surface area contributed by atoms with Gasteiger partial charge in [-0.15, -0.1) is 11.8 Å². The average Bonchev–Trinajstić information content (AvgIpc) is 3.29. The van der Waals surface area contributed by atoms with Crippen LogP contribution in [0.2, 0.25) is 0 Å². The summed E-state index contributed by atoms with van der Waals surface area (Å²) < 4.78 is 0. The fourth-order valence-electron chi connectivity index (χ4n) is 4.44. The van der Waals surface area contributed by atoms with Crippen molar-refractivity contribution in [2.45, 2.75) is 50.2 Å². The van der Waals surface area contributed by atoms with E-state index in [2.05, 4.69) is 16.8 Å². The predicted molar refractivity (Wildman–Crippen MR) is 106 cm³/mol. The highest BCUT2D eigenvalue weighted by molar-refractivity contribution is 8.14. The van der Waals surface area contributed by atoms with Gasteiger partial charge < -0.3 is 10.0 Å². The van der Waals surface area contributed by atoms with Crippen molar-refractivity contribution < 1.29 is 9.90 Å². The van der Waals surface area contributed by atoms with Gasteiger partial charge in [0.15, 0.2) is 0 Å². The maximum atomic E-state index is 12.9. The van der Waals surface area contributed by atoms with E-state index in [-0.39, 0.29) is 17.8 Å². The van der Waals surface area contributed by atoms with Gasteiger partial charge in [0.1, 0.15) is 10.8 Å². The van der Waals surface area contributed by atoms with Crippen LogP contribution in [0, 0.1) is 0 Å². The van der Waals surface area contributed by atoms with Crippen molar-refractivity contribution in [3.05, 3.63) is 29.8 Å². The highest BCUT2D eigenvalue weighted by Crippen LogP contribution is 2.35. The number of likely N-dealkylation sites (tertiary alicyclic amines) is 2. The van der Waals surface area contributed by atoms with Crippen molar-refractivity contribution in [2.24, 2.45) is 4.99 Å². The molecule has 3 atom stereocenters. The lowest BCUT2D eigenvalue weighted by atomic mass is 10.1. The van der Waals surface area contributed by atoms with Crippen LogP contribution in [0.25, 0.3) is 0 Å². The molecule has 0 radical (unpaired) electrons. The number of nitrogens with zero attached hydrogens (tertiary/aromatic N) is 3. The van der Waals surface area contributed by atoms with Crippen molar-refractivity contribution in [1.29, 1.82) is 0 Å². The number of thioether (sulfide) groups is 1. The molecular weight excluding hydrogens is 346 g/mol. The number of piperidine rings is 1. The summed E-state index contributed by atoms with van der Waals surface area (Å²) in [4.78, 5) is 22.1. The molecule has 3 aliphatic rings. The van der Waals surface area contributed by atoms with Crippen molar-refractivity contribution in [2.75, 3.05) is 25.9 Å². The molecule has 1 N–H and O–H groups in total. The number of aromatic hydroxyl groups is 1. The molecule has 4 rings (SSSR count). The monoisotopic (exact) mass is 373 g/mol. The van der Waals surface area contributed by atoms with E-state index in [1.54, 1.807) is 17.8 Å². The average molecular weight is 374 g/mol. The van der Waals surface area contributed by atoms with Gasteiger partial charge in [0.05, 0.1) is 12.1 Å². The number of aliphatic imine (C=N–C) groups is 1. The van der Waals surface area contributed by atoms with Gasteiger partial charge in [0.2, 0.25) is 5.91 Å². The van der Waals surface area contributed by atoms with E-state index in [1.165, 1.54) is 6.42 Å². The topological polar surface area (TPSA) is 56.1 Å². The maximum absolute atomic E-state index is 12.9. The molecule has 5 nitrogen and oxygen atoms in total. The Bertz CT molecular complexity index is 702. The summed E-state index contributed by atoms with van der Waals surface area (Å²) >= 11 is 1.71. The summed E-state index contributed by atoms with van der Waals surface area (Å²) in [6.45, 7) is 1.84. The second-order valence-corrected chi connectivity index (χ2v) is 8.55. The fourth-order valence-corrected chi connectivity index (χ4v) is 5.61. The Hall–Kier alpha value is -1.53. The minimum Gasteiger partial charge on any atom is -0.507 e. The third-order valence-electron chi connectivity index (χ3n) is 5.96. The van der Waals surface area contributed by atoms with Gasteiger partial charge in [-0.25, -0.2) is 0 Å². The third-order valence-corrected chi connectivity index (χ3v) is 7.06. The second kappa shape index (κ2) is 7.61. The van der Waals surface area contributed by atoms with Crippen molar-refractivity contribution in [3.8, 4) is 5.75 Å². The molecule has 1 aromatic rings. The molecular formula is C20H27N3O2S. The molecule has 0 aliphatic carbocycles. The number of phenolic OH excluding ortho intramolecular Hbond substituents is 1. The number of hydrogen-bond acceptors (Lipinski definition) is 5. The number of hydrogen-bond donors (Lipinski definition) is 1. The summed E-state index contributed by atoms with van der Waals surface area (Å²) in [7, 11) is 2.09. The van der Waals surface area contributed by atoms with Crippen LogP contribution in [0.1, 0.15) is 37.7 Å². The number of phenols is 1. The minimum atomic E-state index is 0.00692. The number of rotatable bonds is 3. The molecule has 26 heavy (non-hydrogen) atoms. The molecule has 0 spiro atoms. The van der Waals surface area contributed by atoms with Gasteiger partial charge in [0.25, 0.3) is 0 Å². The molecule has 0 saturated carbocycles. The van der Waals surface area contributed by atoms with E-state index in [0.717, 1.165) is 55.1 Å². The van der Waals surface area contributed by atoms with Crippen LogP contribution in [-0.4, -0.2) is 69.9 Å². The second-order valence-electron chi connectivity index (χ2n) is 7.54. The molecule has 2 saturated heterocycles. The molecule has 0 aromatic heterocycles. The Labute approximate surface area is 159 Å². The molecule has 3 aliphatic heterocycles. The van der Waals surface area contributed by atoms with Gasteiger partial charge >= 0.3 is 0 Å². The number of benzene rings is 1. The summed E-state index contributed by atoms with van der Waals surface area (Å²) in [6.07, 6.45) is 5.47. The van der Waals surface area contributed by atoms with Crippen LogP contribution in [0.3, 0.4) is 0 Å². The Balaban J connectivity index is 1.44. The number of para-hydroxylation sites is 1. The highest BCUT2D eigenvalue weighted by Gasteiger charge is 2.42. The van der Waals surface area contributed by atoms with Crippen molar-refractivity contribution in [1.82, 2.24) is 9.80 Å². The van der Waals surface area contributed by atoms with E-state index in [4.69, 9.17) is 4.99 Å². The van der Waals surface area contributed by atoms with Crippen LogP contribution in [-0.2, 0) is 4.79 Å². The molecule has 6 heteroatoms. The summed E-state index contributed by atoms with van der Waals surface area (Å²) in [5.74, 6) is 1.52. The Morgan fingerprint density at radius 2 is 1.96 bits per heavy atom. The number of amides is 1. The van der Waals surface area contributed by atoms with E-state index in [9.17, 15) is 9.90 Å². The van der Waals surface area contributed by atoms with Crippen LogP contribution < -0.4 is 0 Å². The standard InChI is InChI=1S/C20H27N3O2S/c1-22-16(9-10-17(22)20(25)23-11-5-2-6-12-23)15-13-26-19(21-15)14-7-3-4-8-18(14)24/h3-4,7-8,15-17,24H,2,5-6,9-13H2,1H3. The molecule has 3 heterocycles. The zero-order valence-corrected chi connectivity index (χ0v) is 16.1. The van der Waals surface area contributed by atoms with E-state index in [0.29, 0.717) is 11.9 Å². The van der Waals surface area contributed by atoms with E-state index < -0.39 is 0 Å². The largest absolute Gasteiger partial charge is 0.507 e. The molecule has 3 unspecified atom stereocenters. The minimum absolute atomic E-state index is 0.00692. The third kappa shape index (κ3) is 3.37. The maximum Gasteiger partial charge on any atom is 0.239 e. The molecule has 0 bridgehead atoms. The predicted octanol–water partition coefficient (Wildman–Crippen LogP) is 2.73. The summed E-state index contributed by atoms with van der Waals surface area (Å²) in [5, 5.41) is 11.0. The molecule has 1 amide bonds. The van der Waals surface area contributed by atoms with Crippen LogP contribution in [0.4, 0.5) is 0 Å². The SMILES string of the molecule is CN1C(C(=O)N2CCCCC2)CCC1C1CSC(c2ccccc2O)=N1. The first-order valence-corrected chi connectivity index (χ1v) is 10.6. The van der Waals surface area contributed by atoms with Crippen LogP contribution in [0.15, 0.2) is 29.3 Å². The highest BCUT2D eigenvalue weighted by atomic mass is 32.2. The van der Waals surface area contributed by atoms with Gasteiger partial charge in [-0.2, -0.15) is 0 Å². The van der Waals surface area contributed by atoms with Crippen LogP contribution >= 0.6 is 11.8 Å². The molecule has 1 aromatic carbocycles. The van der Waals surface area contributed by atoms with Gasteiger partial charge in [-0.3, -0.25) is 14.7 Å². The van der Waals surface area contributed by atoms with E-state index >= 15 is 0 Å². The first-order valence-electron chi connectivity index (χ1n) is 9.65. The van der Waals surface area contributed by atoms with Gasteiger partial charge in [-0.1, -0.05) is 12.1 Å². The zero-order chi connectivity index (χ0) is 18.1. The quantitative estimate of drug-likeness (QED) is 0.885. The summed E-state index contributed by atoms with van der Waals surface area (Å²) in [5.41, 5.74) is 0.821. The Morgan fingerprint density at radius 3 is 2.73 bits per heavy atom. The summed E-state index contributed by atoms with van der Waals surface area (Å²) in [6, 6.07) is 7.90. The first-order chi connectivity index (χ1) is 12.6. The van der Waals surface area contributed by atoms with Gasteiger partial charge in [0, 0.05) is 30.4 Å². The number of carbonyl (C=O) groups is 1. The number of carbonyl (C=O) groups excluding carboxylic acids is 1. The molecule has 2 fully saturated rings. The van der Waals surface area contributed by atoms with Crippen LogP contribution in [0.5, 0.6) is 5.75 Å². The lowest BCUT2D eigenvalue weighted by Crippen LogP contribution is -2.49. The van der Waals surface area contributed by atoms with Gasteiger partial charge in [-0.05, 0) is 51.3 Å². The zero-order valence-electron chi connectivity index (χ0n) is 15.3. The Morgan fingerprint density at radius 1 is 1.19 bits per heavy atom. The number of likely N-dealkylation sites (N-methyl/N-ethyl adjacent to an activating group) is 1. The smallest absolute Gasteiger partial charge is 0.239 e. The van der Waals surface area contributed by atoms with Crippen molar-refractivity contribution in [3.63, 3.8) is 0 Å². The normalized spacial score (nSPS) is 29.8. The lowest BCUT2D eigenvalue weighted by molar-refractivity contribution is -0.136.